The monoisotopic (exact) mass is 465 g/mol. The van der Waals surface area contributed by atoms with E-state index in [0.717, 1.165) is 12.0 Å². The van der Waals surface area contributed by atoms with E-state index in [2.05, 4.69) is 0 Å². The fourth-order valence-electron chi connectivity index (χ4n) is 4.23. The second-order valence-corrected chi connectivity index (χ2v) is 8.23. The Labute approximate surface area is 196 Å². The molecule has 0 radical (unpaired) electrons. The highest BCUT2D eigenvalue weighted by Gasteiger charge is 2.34. The molecule has 1 N–H and O–H groups in total. The van der Waals surface area contributed by atoms with Crippen molar-refractivity contribution in [1.29, 1.82) is 0 Å². The molecule has 1 fully saturated rings. The third-order valence-corrected chi connectivity index (χ3v) is 5.94. The lowest BCUT2D eigenvalue weighted by molar-refractivity contribution is -0.151. The molecule has 0 unspecified atom stereocenters. The van der Waals surface area contributed by atoms with E-state index in [1.807, 2.05) is 30.3 Å². The fourth-order valence-corrected chi connectivity index (χ4v) is 4.23. The van der Waals surface area contributed by atoms with Crippen LogP contribution >= 0.6 is 0 Å². The number of fused-ring (bicyclic) bond motifs is 1. The zero-order valence-electron chi connectivity index (χ0n) is 19.0. The highest BCUT2D eigenvalue weighted by atomic mass is 16.5. The number of esters is 1. The first-order valence-corrected chi connectivity index (χ1v) is 11.3. The molecule has 1 amide bonds. The van der Waals surface area contributed by atoms with E-state index in [9.17, 15) is 19.5 Å². The van der Waals surface area contributed by atoms with E-state index < -0.39 is 6.04 Å². The Hall–Kier alpha value is -3.81. The first kappa shape index (κ1) is 23.4. The number of likely N-dealkylation sites (tertiary alicyclic amines) is 1. The van der Waals surface area contributed by atoms with Gasteiger partial charge >= 0.3 is 5.97 Å². The normalized spacial score (nSPS) is 15.4. The van der Waals surface area contributed by atoms with Crippen LogP contribution in [0.5, 0.6) is 11.5 Å². The van der Waals surface area contributed by atoms with Crippen molar-refractivity contribution in [3.05, 3.63) is 58.8 Å². The number of rotatable bonds is 8. The van der Waals surface area contributed by atoms with Crippen LogP contribution in [0.4, 0.5) is 0 Å². The highest BCUT2D eigenvalue weighted by molar-refractivity contribution is 5.86. The number of nitrogens with zero attached hydrogens (tertiary/aromatic N) is 1. The molecule has 0 spiro atoms. The second kappa shape index (κ2) is 10.4. The molecular formula is C26H27NO7. The van der Waals surface area contributed by atoms with Crippen LogP contribution in [-0.2, 0) is 14.3 Å². The second-order valence-electron chi connectivity index (χ2n) is 8.23. The Bertz CT molecular complexity index is 1240. The van der Waals surface area contributed by atoms with Gasteiger partial charge in [-0.05, 0) is 25.7 Å². The first-order chi connectivity index (χ1) is 16.5. The summed E-state index contributed by atoms with van der Waals surface area (Å²) < 4.78 is 16.4. The summed E-state index contributed by atoms with van der Waals surface area (Å²) in [5, 5.41) is 10.5. The van der Waals surface area contributed by atoms with Crippen LogP contribution < -0.4 is 10.2 Å². The van der Waals surface area contributed by atoms with E-state index in [1.54, 1.807) is 11.0 Å². The zero-order valence-corrected chi connectivity index (χ0v) is 19.0. The molecule has 3 aromatic rings. The van der Waals surface area contributed by atoms with Crippen molar-refractivity contribution in [3.63, 3.8) is 0 Å². The maximum Gasteiger partial charge on any atom is 0.328 e. The number of phenols is 1. The fraction of sp³-hybridized carbons (Fsp3) is 0.346. The molecule has 1 aromatic heterocycles. The van der Waals surface area contributed by atoms with E-state index in [1.165, 1.54) is 19.2 Å². The molecule has 178 valence electrons. The Kier molecular flexibility index (Phi) is 7.15. The maximum atomic E-state index is 12.5. The average molecular weight is 466 g/mol. The van der Waals surface area contributed by atoms with Crippen molar-refractivity contribution in [1.82, 2.24) is 4.90 Å². The van der Waals surface area contributed by atoms with Crippen LogP contribution in [0.2, 0.25) is 0 Å². The molecule has 1 saturated heterocycles. The number of benzene rings is 2. The molecule has 0 bridgehead atoms. The van der Waals surface area contributed by atoms with E-state index in [-0.39, 0.29) is 34.0 Å². The number of phenolic OH excluding ortho intramolecular Hbond substituents is 1. The number of amides is 1. The summed E-state index contributed by atoms with van der Waals surface area (Å²) in [6.45, 7) is 0.892. The molecule has 2 aromatic carbocycles. The number of hydrogen-bond donors (Lipinski definition) is 1. The van der Waals surface area contributed by atoms with Gasteiger partial charge < -0.3 is 23.9 Å². The Morgan fingerprint density at radius 3 is 2.71 bits per heavy atom. The molecule has 4 rings (SSSR count). The summed E-state index contributed by atoms with van der Waals surface area (Å²) in [5.74, 6) is 0.132. The van der Waals surface area contributed by atoms with Gasteiger partial charge in [-0.25, -0.2) is 4.79 Å². The topological polar surface area (TPSA) is 106 Å². The molecule has 0 saturated carbocycles. The first-order valence-electron chi connectivity index (χ1n) is 11.3. The number of ether oxygens (including phenoxy) is 2. The summed E-state index contributed by atoms with van der Waals surface area (Å²) >= 11 is 0. The Morgan fingerprint density at radius 2 is 1.94 bits per heavy atom. The summed E-state index contributed by atoms with van der Waals surface area (Å²) in [4.78, 5) is 38.4. The third kappa shape index (κ3) is 5.06. The molecule has 1 aliphatic heterocycles. The lowest BCUT2D eigenvalue weighted by Gasteiger charge is -2.22. The zero-order chi connectivity index (χ0) is 24.1. The summed E-state index contributed by atoms with van der Waals surface area (Å²) in [6, 6.07) is 13.1. The molecular weight excluding hydrogens is 438 g/mol. The van der Waals surface area contributed by atoms with Gasteiger partial charge in [0.2, 0.25) is 5.91 Å². The van der Waals surface area contributed by atoms with Gasteiger partial charge in [-0.15, -0.1) is 0 Å². The lowest BCUT2D eigenvalue weighted by atomic mass is 10.1. The van der Waals surface area contributed by atoms with E-state index >= 15 is 0 Å². The Morgan fingerprint density at radius 1 is 1.15 bits per heavy atom. The standard InChI is InChI=1S/C26H27NO7/c1-32-26(31)19-10-7-12-27(19)24(30)11-5-6-13-33-18-14-20(28)25-21(29)16-22(34-23(25)15-18)17-8-3-2-4-9-17/h2-4,8-9,14-16,19,28H,5-7,10-13H2,1H3/t19-/m0/s1. The number of carbonyl (C=O) groups excluding carboxylic acids is 2. The largest absolute Gasteiger partial charge is 0.507 e. The van der Waals surface area contributed by atoms with Crippen LogP contribution in [-0.4, -0.2) is 48.2 Å². The molecule has 8 heteroatoms. The number of aromatic hydroxyl groups is 1. The predicted octanol–water partition coefficient (Wildman–Crippen LogP) is 3.88. The average Bonchev–Trinajstić information content (AvgIpc) is 3.33. The number of hydrogen-bond acceptors (Lipinski definition) is 7. The lowest BCUT2D eigenvalue weighted by Crippen LogP contribution is -2.41. The number of unbranched alkanes of at least 4 members (excludes halogenated alkanes) is 1. The van der Waals surface area contributed by atoms with Crippen molar-refractivity contribution in [3.8, 4) is 22.8 Å². The minimum atomic E-state index is -0.482. The van der Waals surface area contributed by atoms with Crippen LogP contribution in [0.25, 0.3) is 22.3 Å². The number of carbonyl (C=O) groups is 2. The van der Waals surface area contributed by atoms with E-state index in [0.29, 0.717) is 50.3 Å². The van der Waals surface area contributed by atoms with Crippen molar-refractivity contribution < 1.29 is 28.6 Å². The Balaban J connectivity index is 1.36. The summed E-state index contributed by atoms with van der Waals surface area (Å²) in [5.41, 5.74) is 0.652. The minimum Gasteiger partial charge on any atom is -0.507 e. The van der Waals surface area contributed by atoms with Crippen molar-refractivity contribution >= 4 is 22.8 Å². The van der Waals surface area contributed by atoms with Gasteiger partial charge in [-0.1, -0.05) is 30.3 Å². The van der Waals surface area contributed by atoms with Crippen molar-refractivity contribution in [2.45, 2.75) is 38.1 Å². The van der Waals surface area contributed by atoms with Crippen molar-refractivity contribution in [2.24, 2.45) is 0 Å². The smallest absolute Gasteiger partial charge is 0.328 e. The summed E-state index contributed by atoms with van der Waals surface area (Å²) in [6.07, 6.45) is 2.94. The van der Waals surface area contributed by atoms with Crippen LogP contribution in [0.15, 0.2) is 57.7 Å². The van der Waals surface area contributed by atoms with Crippen LogP contribution in [0.3, 0.4) is 0 Å². The van der Waals surface area contributed by atoms with Crippen LogP contribution in [0, 0.1) is 0 Å². The van der Waals surface area contributed by atoms with Gasteiger partial charge in [0.15, 0.2) is 5.43 Å². The van der Waals surface area contributed by atoms with Crippen molar-refractivity contribution in [2.75, 3.05) is 20.3 Å². The SMILES string of the molecule is COC(=O)[C@@H]1CCCN1C(=O)CCCCOc1cc(O)c2c(=O)cc(-c3ccccc3)oc2c1. The quantitative estimate of drug-likeness (QED) is 0.397. The molecule has 0 aliphatic carbocycles. The molecule has 34 heavy (non-hydrogen) atoms. The molecule has 8 nitrogen and oxygen atoms in total. The van der Waals surface area contributed by atoms with Gasteiger partial charge in [0, 0.05) is 36.7 Å². The highest BCUT2D eigenvalue weighted by Crippen LogP contribution is 2.31. The predicted molar refractivity (Wildman–Crippen MR) is 126 cm³/mol. The van der Waals surface area contributed by atoms with Gasteiger partial charge in [0.1, 0.15) is 34.3 Å². The van der Waals surface area contributed by atoms with Gasteiger partial charge in [-0.2, -0.15) is 0 Å². The number of methoxy groups -OCH3 is 1. The molecule has 2 heterocycles. The maximum absolute atomic E-state index is 12.5. The molecule has 1 aliphatic rings. The van der Waals surface area contributed by atoms with Gasteiger partial charge in [0.05, 0.1) is 13.7 Å². The third-order valence-electron chi connectivity index (χ3n) is 5.94. The molecule has 1 atom stereocenters. The van der Waals surface area contributed by atoms with Gasteiger partial charge in [-0.3, -0.25) is 9.59 Å². The van der Waals surface area contributed by atoms with E-state index in [4.69, 9.17) is 13.9 Å². The van der Waals surface area contributed by atoms with Gasteiger partial charge in [0.25, 0.3) is 0 Å². The summed E-state index contributed by atoms with van der Waals surface area (Å²) in [7, 11) is 1.33. The van der Waals surface area contributed by atoms with Crippen LogP contribution in [0.1, 0.15) is 32.1 Å². The minimum absolute atomic E-state index is 0.0635.